The van der Waals surface area contributed by atoms with Gasteiger partial charge in [0.05, 0.1) is 17.1 Å². The van der Waals surface area contributed by atoms with Gasteiger partial charge in [0.2, 0.25) is 0 Å². The van der Waals surface area contributed by atoms with Crippen LogP contribution in [0.3, 0.4) is 0 Å². The zero-order valence-corrected chi connectivity index (χ0v) is 26.0. The Kier molecular flexibility index (Phi) is 4.69. The molecule has 9 rings (SSSR count). The fourth-order valence-electron chi connectivity index (χ4n) is 8.86. The molecule has 0 radical (unpaired) electrons. The first kappa shape index (κ1) is 25.2. The van der Waals surface area contributed by atoms with E-state index in [1.165, 1.54) is 78.6 Å². The van der Waals surface area contributed by atoms with E-state index < -0.39 is 0 Å². The van der Waals surface area contributed by atoms with Crippen LogP contribution in [0.25, 0.3) is 0 Å². The Balaban J connectivity index is 1.41. The monoisotopic (exact) mass is 558 g/mol. The molecular weight excluding hydrogens is 520 g/mol. The number of anilines is 6. The summed E-state index contributed by atoms with van der Waals surface area (Å²) in [5, 5.41) is 0. The van der Waals surface area contributed by atoms with Crippen molar-refractivity contribution in [1.29, 1.82) is 0 Å². The van der Waals surface area contributed by atoms with Crippen LogP contribution >= 0.6 is 0 Å². The molecule has 0 N–H and O–H groups in total. The maximum atomic E-state index is 2.66. The normalized spacial score (nSPS) is 18.7. The third kappa shape index (κ3) is 2.99. The second-order valence-electron chi connectivity index (χ2n) is 14.6. The van der Waals surface area contributed by atoms with Gasteiger partial charge in [-0.2, -0.15) is 0 Å². The topological polar surface area (TPSA) is 6.48 Å². The van der Waals surface area contributed by atoms with Crippen LogP contribution in [0.15, 0.2) is 97.1 Å². The zero-order chi connectivity index (χ0) is 29.5. The predicted octanol–water partition coefficient (Wildman–Crippen LogP) is 10.6. The molecule has 0 aliphatic carbocycles. The van der Waals surface area contributed by atoms with E-state index >= 15 is 0 Å². The zero-order valence-electron chi connectivity index (χ0n) is 26.0. The van der Waals surface area contributed by atoms with E-state index in [2.05, 4.69) is 148 Å². The fraction of sp³-hybridized carbons (Fsp3) is 0.268. The number of aryl methyl sites for hydroxylation is 2. The molecule has 0 fully saturated rings. The molecular formula is C41H38N2. The molecule has 0 bridgehead atoms. The Morgan fingerprint density at radius 2 is 0.791 bits per heavy atom. The summed E-state index contributed by atoms with van der Waals surface area (Å²) in [7, 11) is 0. The van der Waals surface area contributed by atoms with Crippen molar-refractivity contribution >= 4 is 34.1 Å². The molecule has 43 heavy (non-hydrogen) atoms. The van der Waals surface area contributed by atoms with Crippen LogP contribution < -0.4 is 9.80 Å². The van der Waals surface area contributed by atoms with Crippen molar-refractivity contribution < 1.29 is 0 Å². The minimum atomic E-state index is -0.164. The van der Waals surface area contributed by atoms with Crippen LogP contribution in [-0.4, -0.2) is 0 Å². The maximum Gasteiger partial charge on any atom is 0.0545 e. The van der Waals surface area contributed by atoms with Crippen LogP contribution in [0.5, 0.6) is 0 Å². The molecule has 5 aromatic carbocycles. The van der Waals surface area contributed by atoms with Gasteiger partial charge in [0, 0.05) is 33.3 Å². The predicted molar refractivity (Wildman–Crippen MR) is 180 cm³/mol. The lowest BCUT2D eigenvalue weighted by Crippen LogP contribution is -2.43. The summed E-state index contributed by atoms with van der Waals surface area (Å²) in [6.07, 6.45) is 2.10. The molecule has 4 aliphatic heterocycles. The highest BCUT2D eigenvalue weighted by atomic mass is 15.2. The second kappa shape index (κ2) is 7.99. The third-order valence-corrected chi connectivity index (χ3v) is 11.3. The average Bonchev–Trinajstić information content (AvgIpc) is 3.17. The summed E-state index contributed by atoms with van der Waals surface area (Å²) in [4.78, 5) is 5.22. The van der Waals surface area contributed by atoms with Crippen LogP contribution in [0.4, 0.5) is 34.1 Å². The largest absolute Gasteiger partial charge is 0.310 e. The summed E-state index contributed by atoms with van der Waals surface area (Å²) < 4.78 is 0. The molecule has 0 amide bonds. The van der Waals surface area contributed by atoms with E-state index in [0.29, 0.717) is 0 Å². The summed E-state index contributed by atoms with van der Waals surface area (Å²) in [6, 6.07) is 37.2. The first-order valence-corrected chi connectivity index (χ1v) is 15.8. The van der Waals surface area contributed by atoms with Gasteiger partial charge in [-0.15, -0.1) is 0 Å². The number of benzene rings is 5. The average molecular weight is 559 g/mol. The summed E-state index contributed by atoms with van der Waals surface area (Å²) in [6.45, 7) is 14.6. The number of hydrogen-bond acceptors (Lipinski definition) is 2. The van der Waals surface area contributed by atoms with E-state index in [0.717, 1.165) is 12.8 Å². The van der Waals surface area contributed by atoms with Gasteiger partial charge < -0.3 is 9.80 Å². The Hall–Kier alpha value is -4.30. The van der Waals surface area contributed by atoms with Gasteiger partial charge in [-0.05, 0) is 81.6 Å². The smallest absolute Gasteiger partial charge is 0.0545 e. The maximum absolute atomic E-state index is 2.66. The second-order valence-corrected chi connectivity index (χ2v) is 14.6. The van der Waals surface area contributed by atoms with E-state index in [4.69, 9.17) is 0 Å². The molecule has 4 aliphatic rings. The van der Waals surface area contributed by atoms with Gasteiger partial charge in [0.1, 0.15) is 0 Å². The standard InChI is InChI=1S/C41H38N2/c1-39(2)28-15-11-17-30-36(28)43-37-29(39)16-12-18-31(37)41(5,6)33-24-27(23-32(38(33)43)40(30,3)4)42-34-19-9-7-13-25(34)21-22-26-14-8-10-20-35(26)42/h7-20,23-24H,21-22H2,1-6H3. The number of rotatable bonds is 1. The Bertz CT molecular complexity index is 1890. The lowest BCUT2D eigenvalue weighted by atomic mass is 9.61. The lowest BCUT2D eigenvalue weighted by Gasteiger charge is -2.55. The van der Waals surface area contributed by atoms with Gasteiger partial charge in [-0.1, -0.05) is 114 Å². The summed E-state index contributed by atoms with van der Waals surface area (Å²) in [5.74, 6) is 0. The van der Waals surface area contributed by atoms with Crippen LogP contribution in [0.2, 0.25) is 0 Å². The lowest BCUT2D eigenvalue weighted by molar-refractivity contribution is 0.566. The quantitative estimate of drug-likeness (QED) is 0.202. The van der Waals surface area contributed by atoms with Gasteiger partial charge in [0.25, 0.3) is 0 Å². The van der Waals surface area contributed by atoms with E-state index in [1.54, 1.807) is 0 Å². The van der Waals surface area contributed by atoms with Gasteiger partial charge in [0.15, 0.2) is 0 Å². The Morgan fingerprint density at radius 3 is 1.23 bits per heavy atom. The van der Waals surface area contributed by atoms with Crippen molar-refractivity contribution in [1.82, 2.24) is 0 Å². The molecule has 0 spiro atoms. The Morgan fingerprint density at radius 1 is 0.419 bits per heavy atom. The van der Waals surface area contributed by atoms with E-state index in [-0.39, 0.29) is 16.2 Å². The van der Waals surface area contributed by atoms with Crippen LogP contribution in [0, 0.1) is 0 Å². The first-order valence-electron chi connectivity index (χ1n) is 15.8. The number of hydrogen-bond donors (Lipinski definition) is 0. The third-order valence-electron chi connectivity index (χ3n) is 11.3. The highest BCUT2D eigenvalue weighted by Gasteiger charge is 2.51. The molecule has 0 unspecified atom stereocenters. The fourth-order valence-corrected chi connectivity index (χ4v) is 8.86. The molecule has 0 aromatic heterocycles. The Labute approximate surface area is 255 Å². The van der Waals surface area contributed by atoms with Gasteiger partial charge in [-0.25, -0.2) is 0 Å². The van der Waals surface area contributed by atoms with Crippen molar-refractivity contribution in [3.05, 3.63) is 142 Å². The molecule has 4 heterocycles. The molecule has 2 heteroatoms. The number of fused-ring (bicyclic) bond motifs is 2. The van der Waals surface area contributed by atoms with E-state index in [1.807, 2.05) is 0 Å². The van der Waals surface area contributed by atoms with Crippen LogP contribution in [0.1, 0.15) is 86.1 Å². The highest BCUT2D eigenvalue weighted by Crippen LogP contribution is 2.66. The molecule has 0 saturated carbocycles. The minimum Gasteiger partial charge on any atom is -0.310 e. The SMILES string of the molecule is CC1(C)c2cccc3c2N2c4c1cccc4C(C)(C)c1cc(N4c5ccccc5CCc5ccccc54)cc(c12)C3(C)C. The summed E-state index contributed by atoms with van der Waals surface area (Å²) in [5.41, 5.74) is 19.0. The summed E-state index contributed by atoms with van der Waals surface area (Å²) >= 11 is 0. The van der Waals surface area contributed by atoms with Crippen molar-refractivity contribution in [2.75, 3.05) is 9.80 Å². The van der Waals surface area contributed by atoms with Crippen molar-refractivity contribution in [2.24, 2.45) is 0 Å². The molecule has 5 aromatic rings. The van der Waals surface area contributed by atoms with Crippen LogP contribution in [-0.2, 0) is 29.1 Å². The van der Waals surface area contributed by atoms with Crippen molar-refractivity contribution in [3.8, 4) is 0 Å². The highest BCUT2D eigenvalue weighted by molar-refractivity contribution is 5.99. The first-order chi connectivity index (χ1) is 20.6. The molecule has 2 nitrogen and oxygen atoms in total. The van der Waals surface area contributed by atoms with Gasteiger partial charge >= 0.3 is 0 Å². The number of nitrogens with zero attached hydrogens (tertiary/aromatic N) is 2. The van der Waals surface area contributed by atoms with Gasteiger partial charge in [-0.3, -0.25) is 0 Å². The number of para-hydroxylation sites is 4. The van der Waals surface area contributed by atoms with Crippen molar-refractivity contribution in [2.45, 2.75) is 70.6 Å². The molecule has 0 saturated heterocycles. The minimum absolute atomic E-state index is 0.0756. The van der Waals surface area contributed by atoms with Crippen molar-refractivity contribution in [3.63, 3.8) is 0 Å². The molecule has 0 atom stereocenters. The molecule has 212 valence electrons. The van der Waals surface area contributed by atoms with E-state index in [9.17, 15) is 0 Å².